The molecular weight excluding hydrogens is 408 g/mol. The molecule has 0 aromatic heterocycles. The number of carbonyl (C=O) groups excluding carboxylic acids is 1. The van der Waals surface area contributed by atoms with Crippen molar-refractivity contribution in [3.8, 4) is 5.75 Å². The van der Waals surface area contributed by atoms with Crippen molar-refractivity contribution >= 4 is 29.3 Å². The molecule has 0 unspecified atom stereocenters. The zero-order valence-corrected chi connectivity index (χ0v) is 18.0. The first-order valence-corrected chi connectivity index (χ1v) is 10.8. The predicted molar refractivity (Wildman–Crippen MR) is 126 cm³/mol. The van der Waals surface area contributed by atoms with E-state index in [1.807, 2.05) is 65.6 Å². The van der Waals surface area contributed by atoms with Crippen molar-refractivity contribution in [3.63, 3.8) is 0 Å². The van der Waals surface area contributed by atoms with Gasteiger partial charge in [-0.15, -0.1) is 0 Å². The zero-order valence-electron chi connectivity index (χ0n) is 17.3. The Labute approximate surface area is 188 Å². The molecular formula is C26H25ClN2O2. The molecule has 1 amide bonds. The highest BCUT2D eigenvalue weighted by Gasteiger charge is 2.19. The molecule has 1 aliphatic rings. The molecule has 1 heterocycles. The number of hydrogen-bond donors (Lipinski definition) is 0. The molecule has 0 aliphatic carbocycles. The number of piperazine rings is 1. The van der Waals surface area contributed by atoms with Gasteiger partial charge in [-0.1, -0.05) is 54.1 Å². The van der Waals surface area contributed by atoms with E-state index in [4.69, 9.17) is 16.3 Å². The Morgan fingerprint density at radius 3 is 2.23 bits per heavy atom. The Bertz CT molecular complexity index is 1010. The van der Waals surface area contributed by atoms with Crippen LogP contribution in [0.25, 0.3) is 6.08 Å². The Morgan fingerprint density at radius 2 is 1.55 bits per heavy atom. The average Bonchev–Trinajstić information content (AvgIpc) is 2.83. The summed E-state index contributed by atoms with van der Waals surface area (Å²) in [7, 11) is 0. The number of carbonyl (C=O) groups is 1. The van der Waals surface area contributed by atoms with E-state index >= 15 is 0 Å². The quantitative estimate of drug-likeness (QED) is 0.497. The van der Waals surface area contributed by atoms with Crippen molar-refractivity contribution < 1.29 is 9.53 Å². The number of rotatable bonds is 6. The maximum Gasteiger partial charge on any atom is 0.246 e. The van der Waals surface area contributed by atoms with Gasteiger partial charge in [0, 0.05) is 43.0 Å². The van der Waals surface area contributed by atoms with Gasteiger partial charge in [0.05, 0.1) is 0 Å². The Hall–Kier alpha value is -3.24. The number of amides is 1. The normalized spacial score (nSPS) is 14.1. The molecule has 31 heavy (non-hydrogen) atoms. The first-order chi connectivity index (χ1) is 15.2. The summed E-state index contributed by atoms with van der Waals surface area (Å²) in [5, 5.41) is 0.690. The highest BCUT2D eigenvalue weighted by atomic mass is 35.5. The molecule has 4 rings (SSSR count). The van der Waals surface area contributed by atoms with Crippen LogP contribution < -0.4 is 9.64 Å². The molecule has 5 heteroatoms. The van der Waals surface area contributed by atoms with E-state index in [1.54, 1.807) is 6.08 Å². The first kappa shape index (κ1) is 21.0. The smallest absolute Gasteiger partial charge is 0.246 e. The lowest BCUT2D eigenvalue weighted by Crippen LogP contribution is -2.48. The second-order valence-corrected chi connectivity index (χ2v) is 7.90. The summed E-state index contributed by atoms with van der Waals surface area (Å²) in [5.74, 6) is 0.896. The van der Waals surface area contributed by atoms with E-state index in [0.717, 1.165) is 35.7 Å². The third-order valence-electron chi connectivity index (χ3n) is 5.33. The largest absolute Gasteiger partial charge is 0.489 e. The summed E-state index contributed by atoms with van der Waals surface area (Å²) >= 11 is 5.90. The van der Waals surface area contributed by atoms with Crippen molar-refractivity contribution in [1.82, 2.24) is 4.90 Å². The minimum Gasteiger partial charge on any atom is -0.489 e. The van der Waals surface area contributed by atoms with Crippen LogP contribution in [0.3, 0.4) is 0 Å². The number of nitrogens with zero attached hydrogens (tertiary/aromatic N) is 2. The minimum absolute atomic E-state index is 0.0410. The molecule has 4 nitrogen and oxygen atoms in total. The van der Waals surface area contributed by atoms with E-state index < -0.39 is 0 Å². The van der Waals surface area contributed by atoms with Crippen molar-refractivity contribution in [2.24, 2.45) is 0 Å². The highest BCUT2D eigenvalue weighted by molar-refractivity contribution is 6.30. The Morgan fingerprint density at radius 1 is 0.871 bits per heavy atom. The number of benzene rings is 3. The molecule has 1 fully saturated rings. The maximum absolute atomic E-state index is 12.5. The minimum atomic E-state index is 0.0410. The van der Waals surface area contributed by atoms with Crippen LogP contribution in [0.1, 0.15) is 11.1 Å². The summed E-state index contributed by atoms with van der Waals surface area (Å²) < 4.78 is 5.87. The Kier molecular flexibility index (Phi) is 6.90. The van der Waals surface area contributed by atoms with Gasteiger partial charge in [0.15, 0.2) is 0 Å². The predicted octanol–water partition coefficient (Wildman–Crippen LogP) is 5.28. The SMILES string of the molecule is O=C(/C=C/c1ccc(Cl)cc1)N1CCN(c2ccc(OCc3ccccc3)cc2)CC1. The van der Waals surface area contributed by atoms with Crippen molar-refractivity contribution in [2.75, 3.05) is 31.1 Å². The fraction of sp³-hybridized carbons (Fsp3) is 0.192. The molecule has 0 N–H and O–H groups in total. The summed E-state index contributed by atoms with van der Waals surface area (Å²) in [6.45, 7) is 3.59. The molecule has 1 saturated heterocycles. The van der Waals surface area contributed by atoms with Gasteiger partial charge in [0.25, 0.3) is 0 Å². The summed E-state index contributed by atoms with van der Waals surface area (Å²) in [5.41, 5.74) is 3.26. The standard InChI is InChI=1S/C26H25ClN2O2/c27-23-9-6-21(7-10-23)8-15-26(30)29-18-16-28(17-19-29)24-11-13-25(14-12-24)31-20-22-4-2-1-3-5-22/h1-15H,16-20H2/b15-8+. The molecule has 3 aromatic rings. The summed E-state index contributed by atoms with van der Waals surface area (Å²) in [4.78, 5) is 16.7. The molecule has 3 aromatic carbocycles. The van der Waals surface area contributed by atoms with Crippen LogP contribution >= 0.6 is 11.6 Å². The molecule has 0 atom stereocenters. The van der Waals surface area contributed by atoms with Crippen LogP contribution in [0.15, 0.2) is 84.9 Å². The second-order valence-electron chi connectivity index (χ2n) is 7.47. The van der Waals surface area contributed by atoms with Crippen LogP contribution in [-0.2, 0) is 11.4 Å². The third kappa shape index (κ3) is 5.89. The van der Waals surface area contributed by atoms with Gasteiger partial charge in [-0.3, -0.25) is 4.79 Å². The van der Waals surface area contributed by atoms with Gasteiger partial charge in [0.1, 0.15) is 12.4 Å². The summed E-state index contributed by atoms with van der Waals surface area (Å²) in [6, 6.07) is 25.8. The van der Waals surface area contributed by atoms with E-state index in [-0.39, 0.29) is 5.91 Å². The van der Waals surface area contributed by atoms with Crippen molar-refractivity contribution in [1.29, 1.82) is 0 Å². The molecule has 0 radical (unpaired) electrons. The van der Waals surface area contributed by atoms with E-state index in [1.165, 1.54) is 0 Å². The van der Waals surface area contributed by atoms with E-state index in [2.05, 4.69) is 29.2 Å². The topological polar surface area (TPSA) is 32.8 Å². The van der Waals surface area contributed by atoms with Gasteiger partial charge in [-0.05, 0) is 53.6 Å². The number of hydrogen-bond acceptors (Lipinski definition) is 3. The van der Waals surface area contributed by atoms with Gasteiger partial charge < -0.3 is 14.5 Å². The van der Waals surface area contributed by atoms with Crippen LogP contribution in [0, 0.1) is 0 Å². The van der Waals surface area contributed by atoms with Gasteiger partial charge >= 0.3 is 0 Å². The maximum atomic E-state index is 12.5. The Balaban J connectivity index is 1.26. The van der Waals surface area contributed by atoms with E-state index in [0.29, 0.717) is 24.7 Å². The van der Waals surface area contributed by atoms with Gasteiger partial charge in [-0.25, -0.2) is 0 Å². The highest BCUT2D eigenvalue weighted by Crippen LogP contribution is 2.22. The lowest BCUT2D eigenvalue weighted by atomic mass is 10.2. The zero-order chi connectivity index (χ0) is 21.5. The number of halogens is 1. The molecule has 1 aliphatic heterocycles. The molecule has 0 saturated carbocycles. The first-order valence-electron chi connectivity index (χ1n) is 10.4. The van der Waals surface area contributed by atoms with Crippen molar-refractivity contribution in [3.05, 3.63) is 101 Å². The number of anilines is 1. The lowest BCUT2D eigenvalue weighted by Gasteiger charge is -2.35. The van der Waals surface area contributed by atoms with Crippen LogP contribution in [0.4, 0.5) is 5.69 Å². The molecule has 0 spiro atoms. The molecule has 0 bridgehead atoms. The van der Waals surface area contributed by atoms with Crippen molar-refractivity contribution in [2.45, 2.75) is 6.61 Å². The third-order valence-corrected chi connectivity index (χ3v) is 5.58. The summed E-state index contributed by atoms with van der Waals surface area (Å²) in [6.07, 6.45) is 3.47. The van der Waals surface area contributed by atoms with Crippen LogP contribution in [0.2, 0.25) is 5.02 Å². The average molecular weight is 433 g/mol. The van der Waals surface area contributed by atoms with Gasteiger partial charge in [0.2, 0.25) is 5.91 Å². The number of ether oxygens (including phenoxy) is 1. The fourth-order valence-electron chi connectivity index (χ4n) is 3.53. The second kappa shape index (κ2) is 10.2. The van der Waals surface area contributed by atoms with E-state index in [9.17, 15) is 4.79 Å². The lowest BCUT2D eigenvalue weighted by molar-refractivity contribution is -0.126. The van der Waals surface area contributed by atoms with Gasteiger partial charge in [-0.2, -0.15) is 0 Å². The monoisotopic (exact) mass is 432 g/mol. The fourth-order valence-corrected chi connectivity index (χ4v) is 3.65. The van der Waals surface area contributed by atoms with Crippen LogP contribution in [0.5, 0.6) is 5.75 Å². The van der Waals surface area contributed by atoms with Crippen LogP contribution in [-0.4, -0.2) is 37.0 Å². The molecule has 158 valence electrons.